The van der Waals surface area contributed by atoms with Crippen molar-refractivity contribution in [3.63, 3.8) is 0 Å². The highest BCUT2D eigenvalue weighted by atomic mass is 32.2. The molecule has 0 aliphatic rings. The Morgan fingerprint density at radius 1 is 1.31 bits per heavy atom. The largest absolute Gasteiger partial charge is 0.388 e. The molecule has 1 rings (SSSR count). The zero-order valence-corrected chi connectivity index (χ0v) is 11.0. The van der Waals surface area contributed by atoms with E-state index in [9.17, 15) is 13.5 Å². The summed E-state index contributed by atoms with van der Waals surface area (Å²) in [6.07, 6.45) is 2.70. The molecule has 16 heavy (non-hydrogen) atoms. The molecule has 90 valence electrons. The van der Waals surface area contributed by atoms with Gasteiger partial charge in [0.05, 0.1) is 11.9 Å². The Kier molecular flexibility index (Phi) is 4.83. The molecule has 1 unspecified atom stereocenters. The van der Waals surface area contributed by atoms with Gasteiger partial charge in [0.1, 0.15) is 9.84 Å². The quantitative estimate of drug-likeness (QED) is 0.821. The molecule has 0 radical (unpaired) electrons. The second-order valence-electron chi connectivity index (χ2n) is 3.71. The van der Waals surface area contributed by atoms with Gasteiger partial charge < -0.3 is 5.11 Å². The second kappa shape index (κ2) is 5.70. The molecule has 0 saturated carbocycles. The van der Waals surface area contributed by atoms with E-state index in [1.54, 1.807) is 11.8 Å². The van der Waals surface area contributed by atoms with Gasteiger partial charge in [0.2, 0.25) is 0 Å². The zero-order chi connectivity index (χ0) is 12.2. The standard InChI is InChI=1S/C11H16O3S2/c1-15-10-5-3-9(4-6-10)11(12)7-8-16(2,13)14/h3-6,11-12H,7-8H2,1-2H3. The van der Waals surface area contributed by atoms with E-state index in [4.69, 9.17) is 0 Å². The Bertz CT molecular complexity index is 423. The average Bonchev–Trinajstić information content (AvgIpc) is 2.25. The Hall–Kier alpha value is -0.520. The number of hydrogen-bond acceptors (Lipinski definition) is 4. The van der Waals surface area contributed by atoms with E-state index in [0.29, 0.717) is 0 Å². The summed E-state index contributed by atoms with van der Waals surface area (Å²) >= 11 is 1.63. The summed E-state index contributed by atoms with van der Waals surface area (Å²) in [5.41, 5.74) is 0.765. The fraction of sp³-hybridized carbons (Fsp3) is 0.455. The molecule has 3 nitrogen and oxygen atoms in total. The van der Waals surface area contributed by atoms with Gasteiger partial charge >= 0.3 is 0 Å². The Morgan fingerprint density at radius 2 is 1.88 bits per heavy atom. The highest BCUT2D eigenvalue weighted by molar-refractivity contribution is 7.98. The van der Waals surface area contributed by atoms with Gasteiger partial charge in [-0.1, -0.05) is 12.1 Å². The van der Waals surface area contributed by atoms with Crippen molar-refractivity contribution in [2.24, 2.45) is 0 Å². The van der Waals surface area contributed by atoms with Crippen LogP contribution in [0.15, 0.2) is 29.2 Å². The lowest BCUT2D eigenvalue weighted by atomic mass is 10.1. The van der Waals surface area contributed by atoms with Crippen LogP contribution in [0.2, 0.25) is 0 Å². The third kappa shape index (κ3) is 4.55. The predicted octanol–water partition coefficient (Wildman–Crippen LogP) is 1.88. The normalized spacial score (nSPS) is 13.7. The molecule has 0 amide bonds. The van der Waals surface area contributed by atoms with Crippen molar-refractivity contribution in [2.45, 2.75) is 17.4 Å². The highest BCUT2D eigenvalue weighted by Gasteiger charge is 2.11. The van der Waals surface area contributed by atoms with Gasteiger partial charge in [-0.25, -0.2) is 8.42 Å². The molecule has 0 aromatic heterocycles. The van der Waals surface area contributed by atoms with Crippen LogP contribution in [0.1, 0.15) is 18.1 Å². The van der Waals surface area contributed by atoms with Gasteiger partial charge in [-0.2, -0.15) is 0 Å². The van der Waals surface area contributed by atoms with Gasteiger partial charge in [-0.05, 0) is 30.4 Å². The van der Waals surface area contributed by atoms with Crippen LogP contribution in [0.3, 0.4) is 0 Å². The first-order valence-corrected chi connectivity index (χ1v) is 8.20. The molecule has 0 bridgehead atoms. The molecule has 0 fully saturated rings. The van der Waals surface area contributed by atoms with Crippen molar-refractivity contribution in [3.05, 3.63) is 29.8 Å². The lowest BCUT2D eigenvalue weighted by Crippen LogP contribution is -2.08. The van der Waals surface area contributed by atoms with E-state index in [0.717, 1.165) is 10.5 Å². The van der Waals surface area contributed by atoms with Gasteiger partial charge in [-0.3, -0.25) is 0 Å². The summed E-state index contributed by atoms with van der Waals surface area (Å²) in [5, 5.41) is 9.78. The maximum Gasteiger partial charge on any atom is 0.147 e. The molecule has 1 N–H and O–H groups in total. The molecule has 1 aromatic rings. The van der Waals surface area contributed by atoms with E-state index in [2.05, 4.69) is 0 Å². The minimum Gasteiger partial charge on any atom is -0.388 e. The smallest absolute Gasteiger partial charge is 0.147 e. The summed E-state index contributed by atoms with van der Waals surface area (Å²) in [6, 6.07) is 7.50. The fourth-order valence-electron chi connectivity index (χ4n) is 1.32. The summed E-state index contributed by atoms with van der Waals surface area (Å²) in [6.45, 7) is 0. The molecule has 0 aliphatic carbocycles. The molecule has 1 aromatic carbocycles. The monoisotopic (exact) mass is 260 g/mol. The van der Waals surface area contributed by atoms with Crippen LogP contribution in [0.25, 0.3) is 0 Å². The second-order valence-corrected chi connectivity index (χ2v) is 6.85. The number of aliphatic hydroxyl groups excluding tert-OH is 1. The van der Waals surface area contributed by atoms with Crippen molar-refractivity contribution in [1.29, 1.82) is 0 Å². The average molecular weight is 260 g/mol. The Labute approximate surface area is 101 Å². The number of sulfone groups is 1. The van der Waals surface area contributed by atoms with Gasteiger partial charge in [-0.15, -0.1) is 11.8 Å². The van der Waals surface area contributed by atoms with E-state index in [1.807, 2.05) is 30.5 Å². The van der Waals surface area contributed by atoms with E-state index in [1.165, 1.54) is 6.26 Å². The minimum atomic E-state index is -3.00. The third-order valence-corrected chi connectivity index (χ3v) is 3.98. The number of benzene rings is 1. The lowest BCUT2D eigenvalue weighted by molar-refractivity contribution is 0.174. The van der Waals surface area contributed by atoms with Crippen molar-refractivity contribution < 1.29 is 13.5 Å². The number of rotatable bonds is 5. The predicted molar refractivity (Wildman–Crippen MR) is 67.5 cm³/mol. The number of hydrogen-bond donors (Lipinski definition) is 1. The van der Waals surface area contributed by atoms with Crippen LogP contribution in [-0.2, 0) is 9.84 Å². The van der Waals surface area contributed by atoms with E-state index >= 15 is 0 Å². The first-order chi connectivity index (χ1) is 7.42. The number of thioether (sulfide) groups is 1. The molecule has 1 atom stereocenters. The lowest BCUT2D eigenvalue weighted by Gasteiger charge is -2.10. The van der Waals surface area contributed by atoms with Gasteiger partial charge in [0.15, 0.2) is 0 Å². The Morgan fingerprint density at radius 3 is 2.31 bits per heavy atom. The van der Waals surface area contributed by atoms with Crippen molar-refractivity contribution in [3.8, 4) is 0 Å². The first-order valence-electron chi connectivity index (χ1n) is 4.92. The molecule has 0 spiro atoms. The van der Waals surface area contributed by atoms with Crippen molar-refractivity contribution in [2.75, 3.05) is 18.3 Å². The van der Waals surface area contributed by atoms with Crippen LogP contribution in [0.4, 0.5) is 0 Å². The first kappa shape index (κ1) is 13.5. The Balaban J connectivity index is 2.62. The van der Waals surface area contributed by atoms with E-state index < -0.39 is 15.9 Å². The molecule has 0 heterocycles. The van der Waals surface area contributed by atoms with Crippen LogP contribution < -0.4 is 0 Å². The third-order valence-electron chi connectivity index (χ3n) is 2.26. The molecular formula is C11H16O3S2. The van der Waals surface area contributed by atoms with Gasteiger partial charge in [0, 0.05) is 11.2 Å². The van der Waals surface area contributed by atoms with Crippen LogP contribution in [-0.4, -0.2) is 31.8 Å². The van der Waals surface area contributed by atoms with Crippen LogP contribution in [0, 0.1) is 0 Å². The summed E-state index contributed by atoms with van der Waals surface area (Å²) in [7, 11) is -3.00. The molecule has 0 aliphatic heterocycles. The topological polar surface area (TPSA) is 54.4 Å². The van der Waals surface area contributed by atoms with Gasteiger partial charge in [0.25, 0.3) is 0 Å². The maximum absolute atomic E-state index is 11.0. The SMILES string of the molecule is CSc1ccc(C(O)CCS(C)(=O)=O)cc1. The van der Waals surface area contributed by atoms with Crippen molar-refractivity contribution >= 4 is 21.6 Å². The fourth-order valence-corrected chi connectivity index (χ4v) is 2.38. The van der Waals surface area contributed by atoms with E-state index in [-0.39, 0.29) is 12.2 Å². The van der Waals surface area contributed by atoms with Crippen LogP contribution >= 0.6 is 11.8 Å². The maximum atomic E-state index is 11.0. The van der Waals surface area contributed by atoms with Crippen LogP contribution in [0.5, 0.6) is 0 Å². The highest BCUT2D eigenvalue weighted by Crippen LogP contribution is 2.21. The zero-order valence-electron chi connectivity index (χ0n) is 9.38. The molecule has 0 saturated heterocycles. The molecule has 5 heteroatoms. The van der Waals surface area contributed by atoms with Crippen molar-refractivity contribution in [1.82, 2.24) is 0 Å². The summed E-state index contributed by atoms with van der Waals surface area (Å²) in [4.78, 5) is 1.12. The summed E-state index contributed by atoms with van der Waals surface area (Å²) < 4.78 is 21.9. The minimum absolute atomic E-state index is 0.0123. The summed E-state index contributed by atoms with van der Waals surface area (Å²) in [5.74, 6) is 0.0123. The molecular weight excluding hydrogens is 244 g/mol. The number of aliphatic hydroxyl groups is 1.